The van der Waals surface area contributed by atoms with Gasteiger partial charge in [-0.3, -0.25) is 0 Å². The molecule has 1 atom stereocenters. The normalized spacial score (nSPS) is 20.6. The molecule has 4 heteroatoms. The first kappa shape index (κ1) is 11.5. The molecule has 0 bridgehead atoms. The Labute approximate surface area is 97.0 Å². The van der Waals surface area contributed by atoms with Crippen LogP contribution in [0.2, 0.25) is 0 Å². The van der Waals surface area contributed by atoms with Gasteiger partial charge in [0.15, 0.2) is 0 Å². The number of rotatable bonds is 5. The molecule has 0 saturated carbocycles. The number of aromatic nitrogens is 2. The minimum atomic E-state index is 0.420. The van der Waals surface area contributed by atoms with Crippen molar-refractivity contribution in [2.75, 3.05) is 11.9 Å². The summed E-state index contributed by atoms with van der Waals surface area (Å²) in [6.45, 7) is 6.17. The van der Waals surface area contributed by atoms with E-state index in [2.05, 4.69) is 28.7 Å². The molecular weight excluding hydrogens is 202 g/mol. The number of hydrogen-bond acceptors (Lipinski definition) is 3. The Morgan fingerprint density at radius 1 is 1.62 bits per heavy atom. The van der Waals surface area contributed by atoms with E-state index in [1.165, 1.54) is 12.8 Å². The second-order valence-corrected chi connectivity index (χ2v) is 4.67. The second kappa shape index (κ2) is 5.34. The maximum absolute atomic E-state index is 5.62. The molecule has 0 radical (unpaired) electrons. The first-order valence-corrected chi connectivity index (χ1v) is 6.15. The molecule has 0 spiro atoms. The molecular formula is C12H21N3O. The van der Waals surface area contributed by atoms with Gasteiger partial charge in [-0.25, -0.2) is 4.98 Å². The van der Waals surface area contributed by atoms with Crippen LogP contribution in [0.25, 0.3) is 0 Å². The highest BCUT2D eigenvalue weighted by Crippen LogP contribution is 2.17. The smallest absolute Gasteiger partial charge is 0.202 e. The van der Waals surface area contributed by atoms with Gasteiger partial charge in [-0.2, -0.15) is 0 Å². The van der Waals surface area contributed by atoms with Gasteiger partial charge in [0.1, 0.15) is 0 Å². The van der Waals surface area contributed by atoms with Gasteiger partial charge < -0.3 is 14.6 Å². The summed E-state index contributed by atoms with van der Waals surface area (Å²) < 4.78 is 7.79. The molecule has 0 aromatic carbocycles. The lowest BCUT2D eigenvalue weighted by Gasteiger charge is -2.14. The summed E-state index contributed by atoms with van der Waals surface area (Å²) in [4.78, 5) is 4.31. The highest BCUT2D eigenvalue weighted by Gasteiger charge is 2.15. The maximum atomic E-state index is 5.62. The first-order valence-electron chi connectivity index (χ1n) is 6.15. The number of aryl methyl sites for hydroxylation is 1. The van der Waals surface area contributed by atoms with Crippen molar-refractivity contribution < 1.29 is 4.74 Å². The van der Waals surface area contributed by atoms with E-state index in [1.807, 2.05) is 12.4 Å². The van der Waals surface area contributed by atoms with Crippen LogP contribution in [0.15, 0.2) is 12.4 Å². The second-order valence-electron chi connectivity index (χ2n) is 4.67. The van der Waals surface area contributed by atoms with Crippen LogP contribution < -0.4 is 5.32 Å². The molecule has 4 nitrogen and oxygen atoms in total. The third kappa shape index (κ3) is 2.98. The Hall–Kier alpha value is -1.03. The molecule has 0 amide bonds. The van der Waals surface area contributed by atoms with Gasteiger partial charge in [-0.05, 0) is 33.1 Å². The third-order valence-corrected chi connectivity index (χ3v) is 2.85. The quantitative estimate of drug-likeness (QED) is 0.832. The molecule has 1 aromatic rings. The zero-order valence-electron chi connectivity index (χ0n) is 10.1. The summed E-state index contributed by atoms with van der Waals surface area (Å²) in [5.74, 6) is 0.966. The van der Waals surface area contributed by atoms with Crippen molar-refractivity contribution in [2.45, 2.75) is 51.8 Å². The monoisotopic (exact) mass is 223 g/mol. The molecule has 2 rings (SSSR count). The van der Waals surface area contributed by atoms with Crippen molar-refractivity contribution >= 4 is 5.95 Å². The van der Waals surface area contributed by atoms with E-state index in [4.69, 9.17) is 4.74 Å². The number of imidazole rings is 1. The molecule has 2 heterocycles. The molecule has 1 aromatic heterocycles. The van der Waals surface area contributed by atoms with Gasteiger partial charge in [0, 0.05) is 31.6 Å². The average Bonchev–Trinajstić information content (AvgIpc) is 2.84. The Morgan fingerprint density at radius 2 is 2.50 bits per heavy atom. The van der Waals surface area contributed by atoms with Crippen LogP contribution in [0.5, 0.6) is 0 Å². The van der Waals surface area contributed by atoms with Crippen molar-refractivity contribution in [3.8, 4) is 0 Å². The molecule has 16 heavy (non-hydrogen) atoms. The van der Waals surface area contributed by atoms with Crippen LogP contribution in [-0.2, 0) is 11.3 Å². The summed E-state index contributed by atoms with van der Waals surface area (Å²) in [5.41, 5.74) is 0. The summed E-state index contributed by atoms with van der Waals surface area (Å²) in [7, 11) is 0. The van der Waals surface area contributed by atoms with E-state index >= 15 is 0 Å². The summed E-state index contributed by atoms with van der Waals surface area (Å²) in [5, 5.41) is 3.34. The van der Waals surface area contributed by atoms with Crippen molar-refractivity contribution in [1.82, 2.24) is 9.55 Å². The predicted molar refractivity (Wildman–Crippen MR) is 64.6 cm³/mol. The summed E-state index contributed by atoms with van der Waals surface area (Å²) in [6, 6.07) is 0.420. The van der Waals surface area contributed by atoms with Gasteiger partial charge >= 0.3 is 0 Å². The molecule has 1 aliphatic rings. The molecule has 1 fully saturated rings. The Bertz CT molecular complexity index is 316. The average molecular weight is 223 g/mol. The van der Waals surface area contributed by atoms with Gasteiger partial charge in [0.2, 0.25) is 5.95 Å². The molecule has 1 unspecified atom stereocenters. The molecule has 1 N–H and O–H groups in total. The fraction of sp³-hybridized carbons (Fsp3) is 0.750. The largest absolute Gasteiger partial charge is 0.378 e. The van der Waals surface area contributed by atoms with E-state index in [-0.39, 0.29) is 0 Å². The number of hydrogen-bond donors (Lipinski definition) is 1. The van der Waals surface area contributed by atoms with Crippen LogP contribution in [-0.4, -0.2) is 28.3 Å². The Kier molecular flexibility index (Phi) is 3.83. The van der Waals surface area contributed by atoms with Crippen LogP contribution in [0.4, 0.5) is 5.95 Å². The standard InChI is InChI=1S/C12H21N3O/c1-10(2)14-12-13-6-8-15(12)7-5-11-4-3-9-16-11/h6,8,10-11H,3-5,7,9H2,1-2H3,(H,13,14). The van der Waals surface area contributed by atoms with Crippen molar-refractivity contribution in [2.24, 2.45) is 0 Å². The Balaban J connectivity index is 1.85. The van der Waals surface area contributed by atoms with Crippen LogP contribution in [0, 0.1) is 0 Å². The first-order chi connectivity index (χ1) is 7.75. The van der Waals surface area contributed by atoms with Crippen molar-refractivity contribution in [3.05, 3.63) is 12.4 Å². The van der Waals surface area contributed by atoms with Gasteiger partial charge in [0.25, 0.3) is 0 Å². The highest BCUT2D eigenvalue weighted by molar-refractivity contribution is 5.26. The lowest BCUT2D eigenvalue weighted by atomic mass is 10.2. The van der Waals surface area contributed by atoms with Crippen molar-refractivity contribution in [1.29, 1.82) is 0 Å². The minimum Gasteiger partial charge on any atom is -0.378 e. The van der Waals surface area contributed by atoms with Crippen molar-refractivity contribution in [3.63, 3.8) is 0 Å². The summed E-state index contributed by atoms with van der Waals surface area (Å²) >= 11 is 0. The number of nitrogens with zero attached hydrogens (tertiary/aromatic N) is 2. The zero-order valence-corrected chi connectivity index (χ0v) is 10.1. The molecule has 1 aliphatic heterocycles. The number of anilines is 1. The molecule has 90 valence electrons. The number of ether oxygens (including phenoxy) is 1. The Morgan fingerprint density at radius 3 is 3.19 bits per heavy atom. The topological polar surface area (TPSA) is 39.1 Å². The van der Waals surface area contributed by atoms with Gasteiger partial charge in [0.05, 0.1) is 6.10 Å². The fourth-order valence-corrected chi connectivity index (χ4v) is 2.04. The van der Waals surface area contributed by atoms with Crippen LogP contribution in [0.3, 0.4) is 0 Å². The van der Waals surface area contributed by atoms with Gasteiger partial charge in [-0.15, -0.1) is 0 Å². The van der Waals surface area contributed by atoms with E-state index < -0.39 is 0 Å². The molecule has 0 aliphatic carbocycles. The minimum absolute atomic E-state index is 0.420. The number of nitrogens with one attached hydrogen (secondary N) is 1. The lowest BCUT2D eigenvalue weighted by molar-refractivity contribution is 0.100. The van der Waals surface area contributed by atoms with Gasteiger partial charge in [-0.1, -0.05) is 0 Å². The molecule has 1 saturated heterocycles. The third-order valence-electron chi connectivity index (χ3n) is 2.85. The van der Waals surface area contributed by atoms with Crippen LogP contribution >= 0.6 is 0 Å². The zero-order chi connectivity index (χ0) is 11.4. The maximum Gasteiger partial charge on any atom is 0.202 e. The fourth-order valence-electron chi connectivity index (χ4n) is 2.04. The predicted octanol–water partition coefficient (Wildman–Crippen LogP) is 2.27. The lowest BCUT2D eigenvalue weighted by Crippen LogP contribution is -2.16. The van der Waals surface area contributed by atoms with E-state index in [9.17, 15) is 0 Å². The van der Waals surface area contributed by atoms with E-state index in [0.29, 0.717) is 12.1 Å². The van der Waals surface area contributed by atoms with Crippen LogP contribution in [0.1, 0.15) is 33.1 Å². The SMILES string of the molecule is CC(C)Nc1nccn1CCC1CCCO1. The highest BCUT2D eigenvalue weighted by atomic mass is 16.5. The summed E-state index contributed by atoms with van der Waals surface area (Å²) in [6.07, 6.45) is 7.84. The van der Waals surface area contributed by atoms with E-state index in [1.54, 1.807) is 0 Å². The van der Waals surface area contributed by atoms with E-state index in [0.717, 1.165) is 25.5 Å².